The zero-order valence-corrected chi connectivity index (χ0v) is 16.8. The summed E-state index contributed by atoms with van der Waals surface area (Å²) < 4.78 is 2.25. The van der Waals surface area contributed by atoms with Crippen molar-refractivity contribution in [2.45, 2.75) is 52.0 Å². The molecule has 1 aliphatic rings. The Morgan fingerprint density at radius 2 is 2.19 bits per heavy atom. The number of imidazole rings is 1. The average Bonchev–Trinajstić information content (AvgIpc) is 3.36. The van der Waals surface area contributed by atoms with Gasteiger partial charge < -0.3 is 9.47 Å². The average molecular weight is 383 g/mol. The van der Waals surface area contributed by atoms with Crippen LogP contribution in [0.25, 0.3) is 0 Å². The van der Waals surface area contributed by atoms with Crippen molar-refractivity contribution >= 4 is 17.2 Å². The first kappa shape index (κ1) is 18.1. The monoisotopic (exact) mass is 382 g/mol. The molecule has 0 radical (unpaired) electrons. The van der Waals surface area contributed by atoms with Crippen molar-refractivity contribution in [3.05, 3.63) is 52.4 Å². The molecule has 0 N–H and O–H groups in total. The number of piperidine rings is 1. The fraction of sp³-hybridized carbons (Fsp3) is 0.500. The first-order valence-electron chi connectivity index (χ1n) is 9.70. The maximum absolute atomic E-state index is 4.79. The Kier molecular flexibility index (Phi) is 5.48. The molecular formula is C20H26N6S. The minimum atomic E-state index is 0.414. The second-order valence-electron chi connectivity index (χ2n) is 7.19. The predicted octanol–water partition coefficient (Wildman–Crippen LogP) is 3.82. The largest absolute Gasteiger partial charge is 0.356 e. The number of hydrogen-bond acceptors (Lipinski definition) is 6. The molecule has 1 aliphatic heterocycles. The van der Waals surface area contributed by atoms with Gasteiger partial charge in [-0.3, -0.25) is 0 Å². The molecule has 1 fully saturated rings. The highest BCUT2D eigenvalue weighted by atomic mass is 32.1. The Labute approximate surface area is 164 Å². The van der Waals surface area contributed by atoms with Crippen LogP contribution < -0.4 is 4.90 Å². The highest BCUT2D eigenvalue weighted by Crippen LogP contribution is 2.30. The first-order valence-corrected chi connectivity index (χ1v) is 10.6. The second kappa shape index (κ2) is 8.17. The summed E-state index contributed by atoms with van der Waals surface area (Å²) in [5.74, 6) is 3.54. The number of aromatic nitrogens is 5. The summed E-state index contributed by atoms with van der Waals surface area (Å²) in [7, 11) is 0. The van der Waals surface area contributed by atoms with Gasteiger partial charge in [0.1, 0.15) is 17.5 Å². The van der Waals surface area contributed by atoms with Crippen LogP contribution in [0.5, 0.6) is 0 Å². The fourth-order valence-electron chi connectivity index (χ4n) is 3.89. The van der Waals surface area contributed by atoms with Gasteiger partial charge in [-0.15, -0.1) is 11.3 Å². The molecule has 27 heavy (non-hydrogen) atoms. The van der Waals surface area contributed by atoms with Crippen molar-refractivity contribution < 1.29 is 0 Å². The van der Waals surface area contributed by atoms with Crippen molar-refractivity contribution in [2.24, 2.45) is 0 Å². The number of thiazole rings is 1. The van der Waals surface area contributed by atoms with Crippen LogP contribution in [0.15, 0.2) is 29.5 Å². The topological polar surface area (TPSA) is 59.7 Å². The molecule has 0 unspecified atom stereocenters. The van der Waals surface area contributed by atoms with Crippen LogP contribution in [0.4, 0.5) is 5.82 Å². The molecule has 1 saturated heterocycles. The molecule has 0 amide bonds. The van der Waals surface area contributed by atoms with E-state index < -0.39 is 0 Å². The molecule has 142 valence electrons. The molecular weight excluding hydrogens is 356 g/mol. The predicted molar refractivity (Wildman–Crippen MR) is 108 cm³/mol. The molecule has 1 atom stereocenters. The van der Waals surface area contributed by atoms with E-state index in [0.717, 1.165) is 68.5 Å². The highest BCUT2D eigenvalue weighted by molar-refractivity contribution is 7.07. The van der Waals surface area contributed by atoms with Gasteiger partial charge in [-0.05, 0) is 26.2 Å². The van der Waals surface area contributed by atoms with Gasteiger partial charge in [-0.1, -0.05) is 13.3 Å². The zero-order chi connectivity index (χ0) is 18.6. The maximum atomic E-state index is 4.79. The Balaban J connectivity index is 1.56. The Hall–Kier alpha value is -2.28. The lowest BCUT2D eigenvalue weighted by atomic mass is 9.96. The van der Waals surface area contributed by atoms with E-state index in [4.69, 9.17) is 9.97 Å². The fourth-order valence-corrected chi connectivity index (χ4v) is 4.44. The maximum Gasteiger partial charge on any atom is 0.135 e. The van der Waals surface area contributed by atoms with Crippen LogP contribution in [0, 0.1) is 6.92 Å². The minimum Gasteiger partial charge on any atom is -0.356 e. The van der Waals surface area contributed by atoms with Gasteiger partial charge >= 0.3 is 0 Å². The summed E-state index contributed by atoms with van der Waals surface area (Å²) in [6.07, 6.45) is 10.4. The van der Waals surface area contributed by atoms with Crippen molar-refractivity contribution in [3.63, 3.8) is 0 Å². The van der Waals surface area contributed by atoms with Gasteiger partial charge in [0, 0.05) is 48.5 Å². The first-order chi connectivity index (χ1) is 13.2. The van der Waals surface area contributed by atoms with Crippen molar-refractivity contribution in [1.82, 2.24) is 24.5 Å². The summed E-state index contributed by atoms with van der Waals surface area (Å²) in [6.45, 7) is 6.99. The summed E-state index contributed by atoms with van der Waals surface area (Å²) in [5, 5.41) is 2.11. The van der Waals surface area contributed by atoms with E-state index in [9.17, 15) is 0 Å². The van der Waals surface area contributed by atoms with Crippen molar-refractivity contribution in [3.8, 4) is 0 Å². The third-order valence-electron chi connectivity index (χ3n) is 5.13. The van der Waals surface area contributed by atoms with Gasteiger partial charge in [0.2, 0.25) is 0 Å². The molecule has 0 spiro atoms. The number of hydrogen-bond donors (Lipinski definition) is 0. The van der Waals surface area contributed by atoms with Crippen LogP contribution in [0.3, 0.4) is 0 Å². The molecule has 6 nitrogen and oxygen atoms in total. The SMILES string of the molecule is CCCc1cnc(C)nc1N1CCC[C@@H](c2nccn2Cc2cscn2)C1. The van der Waals surface area contributed by atoms with E-state index in [0.29, 0.717) is 5.92 Å². The van der Waals surface area contributed by atoms with E-state index in [2.05, 4.69) is 37.9 Å². The van der Waals surface area contributed by atoms with Gasteiger partial charge in [0.25, 0.3) is 0 Å². The Morgan fingerprint density at radius 1 is 1.26 bits per heavy atom. The Morgan fingerprint density at radius 3 is 3.00 bits per heavy atom. The lowest BCUT2D eigenvalue weighted by Gasteiger charge is -2.34. The number of rotatable bonds is 6. The standard InChI is InChI=1S/C20H26N6S/c1-3-5-16-10-22-15(2)24-20(16)25-8-4-6-17(11-25)19-21-7-9-26(19)12-18-13-27-14-23-18/h7,9-10,13-14,17H,3-6,8,11-12H2,1-2H3/t17-/m1/s1. The van der Waals surface area contributed by atoms with Gasteiger partial charge in [0.05, 0.1) is 17.7 Å². The van der Waals surface area contributed by atoms with Crippen LogP contribution in [-0.2, 0) is 13.0 Å². The van der Waals surface area contributed by atoms with E-state index in [1.165, 1.54) is 5.56 Å². The zero-order valence-electron chi connectivity index (χ0n) is 16.0. The molecule has 4 heterocycles. The normalized spacial score (nSPS) is 17.4. The molecule has 3 aromatic heterocycles. The molecule has 4 rings (SSSR count). The van der Waals surface area contributed by atoms with Gasteiger partial charge in [-0.25, -0.2) is 19.9 Å². The third-order valence-corrected chi connectivity index (χ3v) is 5.77. The van der Waals surface area contributed by atoms with Crippen molar-refractivity contribution in [2.75, 3.05) is 18.0 Å². The summed E-state index contributed by atoms with van der Waals surface area (Å²) >= 11 is 1.64. The number of anilines is 1. The van der Waals surface area contributed by atoms with E-state index in [1.807, 2.05) is 24.8 Å². The Bertz CT molecular complexity index is 872. The molecule has 3 aromatic rings. The summed E-state index contributed by atoms with van der Waals surface area (Å²) in [6, 6.07) is 0. The summed E-state index contributed by atoms with van der Waals surface area (Å²) in [4.78, 5) is 20.8. The quantitative estimate of drug-likeness (QED) is 0.648. The van der Waals surface area contributed by atoms with Crippen LogP contribution >= 0.6 is 11.3 Å². The molecule has 0 bridgehead atoms. The lowest BCUT2D eigenvalue weighted by Crippen LogP contribution is -2.36. The lowest BCUT2D eigenvalue weighted by molar-refractivity contribution is 0.472. The van der Waals surface area contributed by atoms with Crippen LogP contribution in [-0.4, -0.2) is 37.6 Å². The van der Waals surface area contributed by atoms with Crippen molar-refractivity contribution in [1.29, 1.82) is 0 Å². The van der Waals surface area contributed by atoms with Gasteiger partial charge in [-0.2, -0.15) is 0 Å². The van der Waals surface area contributed by atoms with E-state index >= 15 is 0 Å². The highest BCUT2D eigenvalue weighted by Gasteiger charge is 2.27. The molecule has 0 aliphatic carbocycles. The van der Waals surface area contributed by atoms with E-state index in [1.54, 1.807) is 11.3 Å². The number of nitrogens with zero attached hydrogens (tertiary/aromatic N) is 6. The van der Waals surface area contributed by atoms with E-state index in [-0.39, 0.29) is 0 Å². The summed E-state index contributed by atoms with van der Waals surface area (Å²) in [5.41, 5.74) is 4.25. The third kappa shape index (κ3) is 4.03. The second-order valence-corrected chi connectivity index (χ2v) is 7.91. The van der Waals surface area contributed by atoms with Crippen LogP contribution in [0.2, 0.25) is 0 Å². The number of aryl methyl sites for hydroxylation is 2. The molecule has 0 saturated carbocycles. The van der Waals surface area contributed by atoms with Gasteiger partial charge in [0.15, 0.2) is 0 Å². The molecule has 0 aromatic carbocycles. The molecule has 7 heteroatoms. The smallest absolute Gasteiger partial charge is 0.135 e. The van der Waals surface area contributed by atoms with Crippen LogP contribution in [0.1, 0.15) is 55.0 Å². The minimum absolute atomic E-state index is 0.414.